The van der Waals surface area contributed by atoms with Gasteiger partial charge in [-0.15, -0.1) is 0 Å². The van der Waals surface area contributed by atoms with Crippen molar-refractivity contribution in [2.45, 2.75) is 26.9 Å². The molecule has 1 atom stereocenters. The van der Waals surface area contributed by atoms with Crippen molar-refractivity contribution in [1.29, 1.82) is 0 Å². The molecule has 0 saturated carbocycles. The minimum atomic E-state index is -0.704. The zero-order chi connectivity index (χ0) is 20.6. The SMILES string of the molecule is CCN(CC)c1ccc(/C=N/NC(=O)C(C)Oc2cccc3cccnc23)cc1. The number of hydrogen-bond donors (Lipinski definition) is 1. The third kappa shape index (κ3) is 5.10. The average molecular weight is 390 g/mol. The molecular weight excluding hydrogens is 364 g/mol. The number of anilines is 1. The van der Waals surface area contributed by atoms with Crippen LogP contribution in [0, 0.1) is 0 Å². The van der Waals surface area contributed by atoms with E-state index < -0.39 is 6.10 Å². The molecule has 29 heavy (non-hydrogen) atoms. The number of ether oxygens (including phenoxy) is 1. The Morgan fingerprint density at radius 2 is 1.86 bits per heavy atom. The first-order valence-electron chi connectivity index (χ1n) is 9.80. The summed E-state index contributed by atoms with van der Waals surface area (Å²) >= 11 is 0. The van der Waals surface area contributed by atoms with E-state index in [1.165, 1.54) is 5.69 Å². The van der Waals surface area contributed by atoms with Gasteiger partial charge in [-0.05, 0) is 50.6 Å². The quantitative estimate of drug-likeness (QED) is 0.466. The van der Waals surface area contributed by atoms with E-state index in [1.54, 1.807) is 25.4 Å². The van der Waals surface area contributed by atoms with Gasteiger partial charge >= 0.3 is 0 Å². The Kier molecular flexibility index (Phi) is 6.79. The van der Waals surface area contributed by atoms with E-state index in [1.807, 2.05) is 36.4 Å². The molecule has 3 rings (SSSR count). The van der Waals surface area contributed by atoms with Gasteiger partial charge in [0.25, 0.3) is 5.91 Å². The van der Waals surface area contributed by atoms with Crippen LogP contribution in [0.2, 0.25) is 0 Å². The van der Waals surface area contributed by atoms with Crippen molar-refractivity contribution in [3.05, 3.63) is 66.4 Å². The van der Waals surface area contributed by atoms with Gasteiger partial charge in [0.2, 0.25) is 0 Å². The smallest absolute Gasteiger partial charge is 0.280 e. The molecule has 6 nitrogen and oxygen atoms in total. The second kappa shape index (κ2) is 9.68. The fraction of sp³-hybridized carbons (Fsp3) is 0.261. The van der Waals surface area contributed by atoms with E-state index in [0.717, 1.165) is 29.6 Å². The molecule has 1 amide bonds. The summed E-state index contributed by atoms with van der Waals surface area (Å²) in [4.78, 5) is 18.9. The zero-order valence-corrected chi connectivity index (χ0v) is 17.0. The van der Waals surface area contributed by atoms with Crippen LogP contribution in [-0.4, -0.2) is 36.3 Å². The van der Waals surface area contributed by atoms with E-state index in [2.05, 4.69) is 46.4 Å². The fourth-order valence-electron chi connectivity index (χ4n) is 3.04. The average Bonchev–Trinajstić information content (AvgIpc) is 2.76. The van der Waals surface area contributed by atoms with Crippen LogP contribution in [0.3, 0.4) is 0 Å². The third-order valence-electron chi connectivity index (χ3n) is 4.68. The molecule has 0 aliphatic rings. The Morgan fingerprint density at radius 1 is 1.14 bits per heavy atom. The second-order valence-electron chi connectivity index (χ2n) is 6.59. The molecule has 1 unspecified atom stereocenters. The molecule has 0 bridgehead atoms. The van der Waals surface area contributed by atoms with Gasteiger partial charge in [-0.1, -0.05) is 30.3 Å². The summed E-state index contributed by atoms with van der Waals surface area (Å²) in [5.41, 5.74) is 5.34. The van der Waals surface area contributed by atoms with Crippen LogP contribution in [0.5, 0.6) is 5.75 Å². The maximum Gasteiger partial charge on any atom is 0.280 e. The summed E-state index contributed by atoms with van der Waals surface area (Å²) in [6.45, 7) is 7.87. The molecule has 0 radical (unpaired) electrons. The van der Waals surface area contributed by atoms with Crippen molar-refractivity contribution in [2.24, 2.45) is 5.10 Å². The first kappa shape index (κ1) is 20.3. The third-order valence-corrected chi connectivity index (χ3v) is 4.68. The Labute approximate surface area is 171 Å². The van der Waals surface area contributed by atoms with E-state index >= 15 is 0 Å². The summed E-state index contributed by atoms with van der Waals surface area (Å²) in [5, 5.41) is 5.01. The lowest BCUT2D eigenvalue weighted by molar-refractivity contribution is -0.127. The number of fused-ring (bicyclic) bond motifs is 1. The first-order chi connectivity index (χ1) is 14.1. The lowest BCUT2D eigenvalue weighted by atomic mass is 10.2. The summed E-state index contributed by atoms with van der Waals surface area (Å²) in [5.74, 6) is 0.246. The molecule has 150 valence electrons. The highest BCUT2D eigenvalue weighted by Crippen LogP contribution is 2.23. The van der Waals surface area contributed by atoms with Gasteiger partial charge < -0.3 is 9.64 Å². The summed E-state index contributed by atoms with van der Waals surface area (Å²) in [7, 11) is 0. The van der Waals surface area contributed by atoms with Crippen molar-refractivity contribution >= 4 is 28.7 Å². The Balaban J connectivity index is 1.58. The maximum absolute atomic E-state index is 12.3. The number of hydrogen-bond acceptors (Lipinski definition) is 5. The van der Waals surface area contributed by atoms with Gasteiger partial charge in [-0.25, -0.2) is 5.43 Å². The molecule has 1 aromatic heterocycles. The minimum absolute atomic E-state index is 0.325. The van der Waals surface area contributed by atoms with E-state index in [-0.39, 0.29) is 5.91 Å². The van der Waals surface area contributed by atoms with Crippen LogP contribution in [0.4, 0.5) is 5.69 Å². The lowest BCUT2D eigenvalue weighted by Gasteiger charge is -2.20. The normalized spacial score (nSPS) is 12.1. The number of para-hydroxylation sites is 1. The number of benzene rings is 2. The van der Waals surface area contributed by atoms with Crippen LogP contribution in [0.25, 0.3) is 10.9 Å². The molecule has 0 aliphatic heterocycles. The van der Waals surface area contributed by atoms with Crippen molar-refractivity contribution in [2.75, 3.05) is 18.0 Å². The summed E-state index contributed by atoms with van der Waals surface area (Å²) in [6.07, 6.45) is 2.62. The second-order valence-corrected chi connectivity index (χ2v) is 6.59. The predicted octanol–water partition coefficient (Wildman–Crippen LogP) is 4.00. The highest BCUT2D eigenvalue weighted by atomic mass is 16.5. The molecule has 6 heteroatoms. The minimum Gasteiger partial charge on any atom is -0.479 e. The highest BCUT2D eigenvalue weighted by molar-refractivity contribution is 5.86. The van der Waals surface area contributed by atoms with Crippen LogP contribution in [0.15, 0.2) is 65.9 Å². The standard InChI is InChI=1S/C23H26N4O2/c1-4-27(5-2)20-13-11-18(12-14-20)16-25-26-23(28)17(3)29-21-10-6-8-19-9-7-15-24-22(19)21/h6-17H,4-5H2,1-3H3,(H,26,28)/b25-16+. The number of pyridine rings is 1. The number of rotatable bonds is 8. The molecule has 3 aromatic rings. The van der Waals surface area contributed by atoms with Gasteiger partial charge in [0.05, 0.1) is 6.21 Å². The van der Waals surface area contributed by atoms with Crippen LogP contribution >= 0.6 is 0 Å². The molecule has 1 N–H and O–H groups in total. The van der Waals surface area contributed by atoms with Crippen molar-refractivity contribution in [3.63, 3.8) is 0 Å². The molecule has 1 heterocycles. The topological polar surface area (TPSA) is 66.8 Å². The molecule has 0 fully saturated rings. The number of nitrogens with zero attached hydrogens (tertiary/aromatic N) is 3. The first-order valence-corrected chi connectivity index (χ1v) is 9.80. The number of aromatic nitrogens is 1. The van der Waals surface area contributed by atoms with Gasteiger partial charge in [-0.3, -0.25) is 9.78 Å². The molecule has 0 spiro atoms. The molecule has 0 saturated heterocycles. The summed E-state index contributed by atoms with van der Waals surface area (Å²) < 4.78 is 5.80. The van der Waals surface area contributed by atoms with Crippen LogP contribution < -0.4 is 15.1 Å². The van der Waals surface area contributed by atoms with Gasteiger partial charge in [0.1, 0.15) is 11.3 Å². The lowest BCUT2D eigenvalue weighted by Crippen LogP contribution is -2.33. The Hall–Kier alpha value is -3.41. The Bertz CT molecular complexity index is 976. The number of amides is 1. The zero-order valence-electron chi connectivity index (χ0n) is 17.0. The molecule has 0 aliphatic carbocycles. The van der Waals surface area contributed by atoms with Gasteiger partial charge in [0, 0.05) is 30.4 Å². The fourth-order valence-corrected chi connectivity index (χ4v) is 3.04. The number of hydrazone groups is 1. The number of nitrogens with one attached hydrogen (secondary N) is 1. The molecular formula is C23H26N4O2. The van der Waals surface area contributed by atoms with Gasteiger partial charge in [0.15, 0.2) is 6.10 Å². The monoisotopic (exact) mass is 390 g/mol. The predicted molar refractivity (Wildman–Crippen MR) is 118 cm³/mol. The van der Waals surface area contributed by atoms with Crippen molar-refractivity contribution < 1.29 is 9.53 Å². The van der Waals surface area contributed by atoms with Crippen LogP contribution in [-0.2, 0) is 4.79 Å². The number of carbonyl (C=O) groups is 1. The Morgan fingerprint density at radius 3 is 2.59 bits per heavy atom. The largest absolute Gasteiger partial charge is 0.479 e. The van der Waals surface area contributed by atoms with Gasteiger partial charge in [-0.2, -0.15) is 5.10 Å². The van der Waals surface area contributed by atoms with E-state index in [4.69, 9.17) is 4.74 Å². The summed E-state index contributed by atoms with van der Waals surface area (Å²) in [6, 6.07) is 17.5. The maximum atomic E-state index is 12.3. The van der Waals surface area contributed by atoms with Crippen molar-refractivity contribution in [1.82, 2.24) is 10.4 Å². The van der Waals surface area contributed by atoms with Crippen LogP contribution in [0.1, 0.15) is 26.3 Å². The van der Waals surface area contributed by atoms with E-state index in [0.29, 0.717) is 5.75 Å². The van der Waals surface area contributed by atoms with Crippen molar-refractivity contribution in [3.8, 4) is 5.75 Å². The highest BCUT2D eigenvalue weighted by Gasteiger charge is 2.15. The molecule has 2 aromatic carbocycles. The van der Waals surface area contributed by atoms with E-state index in [9.17, 15) is 4.79 Å². The number of carbonyl (C=O) groups excluding carboxylic acids is 1.